The maximum Gasteiger partial charge on any atom is 0.190 e. The summed E-state index contributed by atoms with van der Waals surface area (Å²) in [4.78, 5) is 10.9. The molecule has 1 aromatic rings. The maximum absolute atomic E-state index is 5.99. The lowest BCUT2D eigenvalue weighted by Crippen LogP contribution is -2.50. The average Bonchev–Trinajstić information content (AvgIpc) is 2.28. The van der Waals surface area contributed by atoms with Gasteiger partial charge < -0.3 is 10.2 Å². The average molecular weight is 295 g/mol. The van der Waals surface area contributed by atoms with Crippen LogP contribution in [0.3, 0.4) is 0 Å². The number of thioether (sulfide) groups is 1. The van der Waals surface area contributed by atoms with Crippen LogP contribution in [-0.4, -0.2) is 41.9 Å². The molecule has 2 rings (SSSR count). The third kappa shape index (κ3) is 3.61. The van der Waals surface area contributed by atoms with E-state index in [9.17, 15) is 0 Å². The molecule has 0 amide bonds. The number of hydrogen-bond acceptors (Lipinski definition) is 5. The van der Waals surface area contributed by atoms with Crippen LogP contribution in [0, 0.1) is 0 Å². The van der Waals surface area contributed by atoms with E-state index < -0.39 is 0 Å². The van der Waals surface area contributed by atoms with Crippen molar-refractivity contribution >= 4 is 41.6 Å². The Hall–Kier alpha value is -0.230. The Morgan fingerprint density at radius 3 is 2.94 bits per heavy atom. The molecule has 1 unspecified atom stereocenters. The highest BCUT2D eigenvalue weighted by Crippen LogP contribution is 2.22. The summed E-state index contributed by atoms with van der Waals surface area (Å²) in [5.41, 5.74) is 0. The lowest BCUT2D eigenvalue weighted by molar-refractivity contribution is 0.495. The molecule has 1 aliphatic rings. The van der Waals surface area contributed by atoms with E-state index in [4.69, 9.17) is 11.6 Å². The molecule has 0 aromatic carbocycles. The molecule has 7 heteroatoms. The Balaban J connectivity index is 0.00000144. The van der Waals surface area contributed by atoms with Crippen LogP contribution < -0.4 is 10.2 Å². The van der Waals surface area contributed by atoms with Gasteiger partial charge in [-0.25, -0.2) is 9.97 Å². The first-order chi connectivity index (χ1) is 7.70. The predicted octanol–water partition coefficient (Wildman–Crippen LogP) is 2.07. The second-order valence-electron chi connectivity index (χ2n) is 3.78. The van der Waals surface area contributed by atoms with Crippen molar-refractivity contribution in [2.75, 3.05) is 30.8 Å². The molecule has 96 valence electrons. The molecule has 1 atom stereocenters. The Labute approximate surface area is 117 Å². The smallest absolute Gasteiger partial charge is 0.190 e. The van der Waals surface area contributed by atoms with Crippen molar-refractivity contribution in [3.8, 4) is 0 Å². The van der Waals surface area contributed by atoms with Crippen molar-refractivity contribution < 1.29 is 0 Å². The molecule has 4 nitrogen and oxygen atoms in total. The van der Waals surface area contributed by atoms with Gasteiger partial charge in [-0.3, -0.25) is 0 Å². The van der Waals surface area contributed by atoms with E-state index in [0.29, 0.717) is 11.2 Å². The van der Waals surface area contributed by atoms with Gasteiger partial charge in [-0.2, -0.15) is 0 Å². The minimum atomic E-state index is 0. The zero-order chi connectivity index (χ0) is 11.5. The van der Waals surface area contributed by atoms with Crippen LogP contribution >= 0.6 is 35.8 Å². The van der Waals surface area contributed by atoms with E-state index in [1.54, 1.807) is 0 Å². The van der Waals surface area contributed by atoms with E-state index in [0.717, 1.165) is 30.6 Å². The van der Waals surface area contributed by atoms with Crippen molar-refractivity contribution in [2.45, 2.75) is 18.1 Å². The van der Waals surface area contributed by atoms with Crippen LogP contribution in [0.1, 0.15) is 6.92 Å². The molecule has 1 fully saturated rings. The maximum atomic E-state index is 5.99. The SMILES string of the molecule is CSc1nc(Cl)cc(N2CCNCC2C)n1.Cl. The molecule has 0 aliphatic carbocycles. The van der Waals surface area contributed by atoms with Crippen LogP contribution in [0.25, 0.3) is 0 Å². The van der Waals surface area contributed by atoms with Crippen molar-refractivity contribution in [1.82, 2.24) is 15.3 Å². The Bertz CT molecular complexity index is 377. The van der Waals surface area contributed by atoms with Crippen molar-refractivity contribution in [2.24, 2.45) is 0 Å². The van der Waals surface area contributed by atoms with Crippen LogP contribution in [0.4, 0.5) is 5.82 Å². The zero-order valence-corrected chi connectivity index (χ0v) is 12.2. The minimum Gasteiger partial charge on any atom is -0.351 e. The van der Waals surface area contributed by atoms with Gasteiger partial charge in [0.25, 0.3) is 0 Å². The van der Waals surface area contributed by atoms with Crippen molar-refractivity contribution in [3.05, 3.63) is 11.2 Å². The molecule has 0 bridgehead atoms. The molecule has 17 heavy (non-hydrogen) atoms. The molecule has 0 spiro atoms. The van der Waals surface area contributed by atoms with Crippen molar-refractivity contribution in [1.29, 1.82) is 0 Å². The first-order valence-electron chi connectivity index (χ1n) is 5.26. The van der Waals surface area contributed by atoms with Gasteiger partial charge in [0.1, 0.15) is 11.0 Å². The number of nitrogens with zero attached hydrogens (tertiary/aromatic N) is 3. The summed E-state index contributed by atoms with van der Waals surface area (Å²) in [5, 5.41) is 4.60. The summed E-state index contributed by atoms with van der Waals surface area (Å²) in [7, 11) is 0. The van der Waals surface area contributed by atoms with Gasteiger partial charge in [0, 0.05) is 31.7 Å². The molecule has 1 N–H and O–H groups in total. The van der Waals surface area contributed by atoms with Crippen LogP contribution in [0.15, 0.2) is 11.2 Å². The van der Waals surface area contributed by atoms with Crippen molar-refractivity contribution in [3.63, 3.8) is 0 Å². The number of hydrogen-bond donors (Lipinski definition) is 1. The lowest BCUT2D eigenvalue weighted by Gasteiger charge is -2.34. The molecular formula is C10H16Cl2N4S. The standard InChI is InChI=1S/C10H15ClN4S.ClH/c1-7-6-12-3-4-15(7)9-5-8(11)13-10(14-9)16-2;/h5,7,12H,3-4,6H2,1-2H3;1H. The second kappa shape index (κ2) is 6.64. The molecular weight excluding hydrogens is 279 g/mol. The normalized spacial score (nSPS) is 19.9. The third-order valence-electron chi connectivity index (χ3n) is 2.64. The monoisotopic (exact) mass is 294 g/mol. The number of piperazine rings is 1. The number of aromatic nitrogens is 2. The predicted molar refractivity (Wildman–Crippen MR) is 75.7 cm³/mol. The van der Waals surface area contributed by atoms with E-state index in [2.05, 4.69) is 27.1 Å². The Kier molecular flexibility index (Phi) is 5.79. The van der Waals surface area contributed by atoms with Gasteiger partial charge in [-0.1, -0.05) is 23.4 Å². The van der Waals surface area contributed by atoms with Gasteiger partial charge in [0.15, 0.2) is 5.16 Å². The van der Waals surface area contributed by atoms with Gasteiger partial charge in [-0.15, -0.1) is 12.4 Å². The molecule has 1 saturated heterocycles. The van der Waals surface area contributed by atoms with E-state index in [1.165, 1.54) is 11.8 Å². The molecule has 1 aliphatic heterocycles. The summed E-state index contributed by atoms with van der Waals surface area (Å²) < 4.78 is 0. The highest BCUT2D eigenvalue weighted by atomic mass is 35.5. The summed E-state index contributed by atoms with van der Waals surface area (Å²) in [6.07, 6.45) is 1.95. The summed E-state index contributed by atoms with van der Waals surface area (Å²) in [6.45, 7) is 5.11. The highest BCUT2D eigenvalue weighted by molar-refractivity contribution is 7.98. The first-order valence-corrected chi connectivity index (χ1v) is 6.87. The Morgan fingerprint density at radius 2 is 2.29 bits per heavy atom. The van der Waals surface area contributed by atoms with Gasteiger partial charge >= 0.3 is 0 Å². The van der Waals surface area contributed by atoms with Gasteiger partial charge in [0.05, 0.1) is 0 Å². The highest BCUT2D eigenvalue weighted by Gasteiger charge is 2.20. The fourth-order valence-corrected chi connectivity index (χ4v) is 2.41. The number of nitrogens with one attached hydrogen (secondary N) is 1. The first kappa shape index (κ1) is 14.8. The molecule has 0 radical (unpaired) electrons. The number of halogens is 2. The van der Waals surface area contributed by atoms with Crippen LogP contribution in [0.5, 0.6) is 0 Å². The van der Waals surface area contributed by atoms with E-state index in [1.807, 2.05) is 12.3 Å². The fraction of sp³-hybridized carbons (Fsp3) is 0.600. The number of rotatable bonds is 2. The zero-order valence-electron chi connectivity index (χ0n) is 9.81. The topological polar surface area (TPSA) is 41.1 Å². The van der Waals surface area contributed by atoms with Gasteiger partial charge in [-0.05, 0) is 13.2 Å². The van der Waals surface area contributed by atoms with E-state index >= 15 is 0 Å². The second-order valence-corrected chi connectivity index (χ2v) is 4.94. The summed E-state index contributed by atoms with van der Waals surface area (Å²) in [5.74, 6) is 0.929. The quantitative estimate of drug-likeness (QED) is 0.514. The van der Waals surface area contributed by atoms with Gasteiger partial charge in [0.2, 0.25) is 0 Å². The fourth-order valence-electron chi connectivity index (χ4n) is 1.81. The largest absolute Gasteiger partial charge is 0.351 e. The summed E-state index contributed by atoms with van der Waals surface area (Å²) >= 11 is 7.50. The third-order valence-corrected chi connectivity index (χ3v) is 3.38. The molecule has 0 saturated carbocycles. The summed E-state index contributed by atoms with van der Waals surface area (Å²) in [6, 6.07) is 2.28. The lowest BCUT2D eigenvalue weighted by atomic mass is 10.2. The van der Waals surface area contributed by atoms with Crippen LogP contribution in [-0.2, 0) is 0 Å². The minimum absolute atomic E-state index is 0. The molecule has 2 heterocycles. The Morgan fingerprint density at radius 1 is 1.53 bits per heavy atom. The number of anilines is 1. The molecule has 1 aromatic heterocycles. The van der Waals surface area contributed by atoms with Crippen LogP contribution in [0.2, 0.25) is 5.15 Å². The van der Waals surface area contributed by atoms with E-state index in [-0.39, 0.29) is 12.4 Å².